The average molecular weight is 395 g/mol. The second-order valence-electron chi connectivity index (χ2n) is 5.78. The fraction of sp³-hybridized carbons (Fsp3) is 0.222. The van der Waals surface area contributed by atoms with Crippen LogP contribution in [-0.4, -0.2) is 17.6 Å². The van der Waals surface area contributed by atoms with Gasteiger partial charge in [0.1, 0.15) is 0 Å². The van der Waals surface area contributed by atoms with Crippen molar-refractivity contribution < 1.29 is 9.59 Å². The minimum absolute atomic E-state index is 0.0833. The number of anilines is 2. The summed E-state index contributed by atoms with van der Waals surface area (Å²) in [6, 6.07) is 12.4. The van der Waals surface area contributed by atoms with Crippen LogP contribution in [0.1, 0.15) is 12.8 Å². The molecule has 0 unspecified atom stereocenters. The maximum absolute atomic E-state index is 12.0. The van der Waals surface area contributed by atoms with Gasteiger partial charge in [0, 0.05) is 32.2 Å². The fourth-order valence-electron chi connectivity index (χ4n) is 2.20. The van der Waals surface area contributed by atoms with E-state index < -0.39 is 0 Å². The molecule has 0 atom stereocenters. The molecule has 2 aromatic carbocycles. The van der Waals surface area contributed by atoms with Crippen LogP contribution in [0.4, 0.5) is 11.4 Å². The van der Waals surface area contributed by atoms with Crippen molar-refractivity contribution in [3.8, 4) is 0 Å². The molecule has 0 heterocycles. The molecule has 0 radical (unpaired) electrons. The predicted molar refractivity (Wildman–Crippen MR) is 104 cm³/mol. The largest absolute Gasteiger partial charge is 0.326 e. The Kier molecular flexibility index (Phi) is 5.89. The van der Waals surface area contributed by atoms with E-state index in [0.717, 1.165) is 23.4 Å². The summed E-state index contributed by atoms with van der Waals surface area (Å²) in [6.45, 7) is 0. The van der Waals surface area contributed by atoms with Crippen LogP contribution >= 0.6 is 35.0 Å². The van der Waals surface area contributed by atoms with E-state index in [2.05, 4.69) is 10.6 Å². The van der Waals surface area contributed by atoms with E-state index in [4.69, 9.17) is 23.2 Å². The van der Waals surface area contributed by atoms with Crippen LogP contribution in [-0.2, 0) is 9.59 Å². The van der Waals surface area contributed by atoms with Crippen molar-refractivity contribution in [1.82, 2.24) is 0 Å². The summed E-state index contributed by atoms with van der Waals surface area (Å²) in [7, 11) is 0. The molecule has 3 rings (SSSR count). The molecule has 2 aromatic rings. The van der Waals surface area contributed by atoms with E-state index in [-0.39, 0.29) is 23.5 Å². The Labute approximate surface area is 160 Å². The second-order valence-corrected chi connectivity index (χ2v) is 7.70. The molecule has 0 spiro atoms. The van der Waals surface area contributed by atoms with Crippen molar-refractivity contribution in [3.63, 3.8) is 0 Å². The van der Waals surface area contributed by atoms with Crippen LogP contribution < -0.4 is 10.6 Å². The van der Waals surface area contributed by atoms with Crippen LogP contribution in [0.25, 0.3) is 0 Å². The van der Waals surface area contributed by atoms with E-state index in [9.17, 15) is 9.59 Å². The van der Waals surface area contributed by atoms with Crippen LogP contribution in [0.2, 0.25) is 10.0 Å². The summed E-state index contributed by atoms with van der Waals surface area (Å²) in [4.78, 5) is 24.7. The monoisotopic (exact) mass is 394 g/mol. The van der Waals surface area contributed by atoms with Crippen molar-refractivity contribution >= 4 is 58.2 Å². The SMILES string of the molecule is O=C(CSc1ccc(NC(=O)C2CC2)cc1)Nc1cc(Cl)cc(Cl)c1. The molecule has 7 heteroatoms. The zero-order valence-corrected chi connectivity index (χ0v) is 15.5. The third kappa shape index (κ3) is 5.66. The van der Waals surface area contributed by atoms with E-state index in [1.165, 1.54) is 11.8 Å². The van der Waals surface area contributed by atoms with E-state index in [1.54, 1.807) is 18.2 Å². The summed E-state index contributed by atoms with van der Waals surface area (Å²) in [6.07, 6.45) is 1.96. The summed E-state index contributed by atoms with van der Waals surface area (Å²) in [5, 5.41) is 6.59. The maximum atomic E-state index is 12.0. The van der Waals surface area contributed by atoms with E-state index in [0.29, 0.717) is 15.7 Å². The van der Waals surface area contributed by atoms with Gasteiger partial charge < -0.3 is 10.6 Å². The van der Waals surface area contributed by atoms with Gasteiger partial charge in [-0.15, -0.1) is 11.8 Å². The molecule has 1 aliphatic carbocycles. The van der Waals surface area contributed by atoms with Gasteiger partial charge in [-0.1, -0.05) is 23.2 Å². The molecule has 0 aliphatic heterocycles. The van der Waals surface area contributed by atoms with Gasteiger partial charge >= 0.3 is 0 Å². The lowest BCUT2D eigenvalue weighted by Crippen LogP contribution is -2.14. The predicted octanol–water partition coefficient (Wildman–Crippen LogP) is 5.07. The van der Waals surface area contributed by atoms with Gasteiger partial charge in [-0.2, -0.15) is 0 Å². The normalized spacial score (nSPS) is 13.4. The minimum atomic E-state index is -0.144. The van der Waals surface area contributed by atoms with Crippen LogP contribution in [0.3, 0.4) is 0 Å². The summed E-state index contributed by atoms with van der Waals surface area (Å²) in [5.41, 5.74) is 1.35. The van der Waals surface area contributed by atoms with Gasteiger partial charge in [0.25, 0.3) is 0 Å². The van der Waals surface area contributed by atoms with Gasteiger partial charge in [-0.05, 0) is 55.3 Å². The molecule has 1 fully saturated rings. The average Bonchev–Trinajstić information content (AvgIpc) is 3.38. The third-order valence-corrected chi connectivity index (χ3v) is 5.03. The van der Waals surface area contributed by atoms with E-state index in [1.807, 2.05) is 24.3 Å². The van der Waals surface area contributed by atoms with Crippen LogP contribution in [0, 0.1) is 5.92 Å². The first-order valence-electron chi connectivity index (χ1n) is 7.79. The lowest BCUT2D eigenvalue weighted by molar-refractivity contribution is -0.117. The Morgan fingerprint density at radius 1 is 0.960 bits per heavy atom. The quantitative estimate of drug-likeness (QED) is 0.672. The number of thioether (sulfide) groups is 1. The molecule has 0 aromatic heterocycles. The van der Waals surface area contributed by atoms with Crippen LogP contribution in [0.15, 0.2) is 47.4 Å². The number of benzene rings is 2. The highest BCUT2D eigenvalue weighted by Gasteiger charge is 2.29. The second kappa shape index (κ2) is 8.13. The van der Waals surface area contributed by atoms with Gasteiger partial charge in [-0.25, -0.2) is 0 Å². The number of carbonyl (C=O) groups excluding carboxylic acids is 2. The molecular formula is C18H16Cl2N2O2S. The molecule has 4 nitrogen and oxygen atoms in total. The van der Waals surface area contributed by atoms with Gasteiger partial charge in [0.2, 0.25) is 11.8 Å². The number of nitrogens with one attached hydrogen (secondary N) is 2. The number of halogens is 2. The van der Waals surface area contributed by atoms with Crippen LogP contribution in [0.5, 0.6) is 0 Å². The highest BCUT2D eigenvalue weighted by atomic mass is 35.5. The zero-order chi connectivity index (χ0) is 17.8. The third-order valence-electron chi connectivity index (χ3n) is 3.59. The minimum Gasteiger partial charge on any atom is -0.326 e. The molecule has 1 aliphatic rings. The Morgan fingerprint density at radius 3 is 2.20 bits per heavy atom. The Morgan fingerprint density at radius 2 is 1.60 bits per heavy atom. The van der Waals surface area contributed by atoms with Crippen molar-refractivity contribution in [2.24, 2.45) is 5.92 Å². The van der Waals surface area contributed by atoms with Gasteiger partial charge in [0.05, 0.1) is 5.75 Å². The number of hydrogen-bond acceptors (Lipinski definition) is 3. The molecule has 2 amide bonds. The van der Waals surface area contributed by atoms with Crippen molar-refractivity contribution in [1.29, 1.82) is 0 Å². The summed E-state index contributed by atoms with van der Waals surface area (Å²) in [5.74, 6) is 0.380. The molecule has 130 valence electrons. The number of amides is 2. The molecule has 25 heavy (non-hydrogen) atoms. The van der Waals surface area contributed by atoms with Crippen molar-refractivity contribution in [2.75, 3.05) is 16.4 Å². The number of rotatable bonds is 6. The van der Waals surface area contributed by atoms with Crippen molar-refractivity contribution in [2.45, 2.75) is 17.7 Å². The molecule has 2 N–H and O–H groups in total. The molecular weight excluding hydrogens is 379 g/mol. The first-order chi connectivity index (χ1) is 12.0. The Hall–Kier alpha value is -1.69. The standard InChI is InChI=1S/C18H16Cl2N2O2S/c19-12-7-13(20)9-15(8-12)21-17(23)10-25-16-5-3-14(4-6-16)22-18(24)11-1-2-11/h3-9,11H,1-2,10H2,(H,21,23)(H,22,24). The zero-order valence-electron chi connectivity index (χ0n) is 13.2. The molecule has 0 saturated heterocycles. The first kappa shape index (κ1) is 18.1. The molecule has 1 saturated carbocycles. The summed E-state index contributed by atoms with van der Waals surface area (Å²) >= 11 is 13.2. The Balaban J connectivity index is 1.48. The topological polar surface area (TPSA) is 58.2 Å². The maximum Gasteiger partial charge on any atom is 0.234 e. The lowest BCUT2D eigenvalue weighted by Gasteiger charge is -2.07. The fourth-order valence-corrected chi connectivity index (χ4v) is 3.42. The molecule has 0 bridgehead atoms. The highest BCUT2D eigenvalue weighted by Crippen LogP contribution is 2.30. The van der Waals surface area contributed by atoms with Crippen molar-refractivity contribution in [3.05, 3.63) is 52.5 Å². The highest BCUT2D eigenvalue weighted by molar-refractivity contribution is 8.00. The Bertz CT molecular complexity index is 772. The number of carbonyl (C=O) groups is 2. The lowest BCUT2D eigenvalue weighted by atomic mass is 10.3. The smallest absolute Gasteiger partial charge is 0.234 e. The van der Waals surface area contributed by atoms with Gasteiger partial charge in [-0.3, -0.25) is 9.59 Å². The first-order valence-corrected chi connectivity index (χ1v) is 9.53. The number of hydrogen-bond donors (Lipinski definition) is 2. The van der Waals surface area contributed by atoms with E-state index >= 15 is 0 Å². The summed E-state index contributed by atoms with van der Waals surface area (Å²) < 4.78 is 0. The van der Waals surface area contributed by atoms with Gasteiger partial charge in [0.15, 0.2) is 0 Å².